The molecular weight excluding hydrogens is 286 g/mol. The standard InChI is InChI=1S/C14H21N5OS/c1-5-6-19-14(15-8-16-19)10(3)18-13(20)7-12-9(2)17-11(4)21-12/h8,10H,5-7H2,1-4H3,(H,18,20)/t10-/m0/s1. The number of carbonyl (C=O) groups is 1. The summed E-state index contributed by atoms with van der Waals surface area (Å²) in [5.41, 5.74) is 0.939. The molecule has 1 atom stereocenters. The van der Waals surface area contributed by atoms with Crippen LogP contribution in [0.4, 0.5) is 0 Å². The van der Waals surface area contributed by atoms with E-state index in [-0.39, 0.29) is 11.9 Å². The summed E-state index contributed by atoms with van der Waals surface area (Å²) in [5, 5.41) is 8.16. The summed E-state index contributed by atoms with van der Waals surface area (Å²) in [6, 6.07) is -0.152. The van der Waals surface area contributed by atoms with Crippen molar-refractivity contribution in [3.05, 3.63) is 27.7 Å². The summed E-state index contributed by atoms with van der Waals surface area (Å²) in [5.74, 6) is 0.780. The van der Waals surface area contributed by atoms with Gasteiger partial charge in [0.15, 0.2) is 0 Å². The monoisotopic (exact) mass is 307 g/mol. The summed E-state index contributed by atoms with van der Waals surface area (Å²) in [4.78, 5) is 21.8. The molecule has 114 valence electrons. The molecule has 0 saturated carbocycles. The normalized spacial score (nSPS) is 12.4. The molecule has 6 nitrogen and oxygen atoms in total. The van der Waals surface area contributed by atoms with Crippen LogP contribution in [0.1, 0.15) is 47.7 Å². The second-order valence-electron chi connectivity index (χ2n) is 5.05. The predicted molar refractivity (Wildman–Crippen MR) is 82.2 cm³/mol. The molecule has 0 aliphatic carbocycles. The van der Waals surface area contributed by atoms with E-state index in [1.54, 1.807) is 11.3 Å². The minimum atomic E-state index is -0.152. The first-order valence-electron chi connectivity index (χ1n) is 7.11. The average molecular weight is 307 g/mol. The predicted octanol–water partition coefficient (Wildman–Crippen LogP) is 2.18. The van der Waals surface area contributed by atoms with Gasteiger partial charge in [0, 0.05) is 11.4 Å². The molecular formula is C14H21N5OS. The molecule has 0 unspecified atom stereocenters. The second-order valence-corrected chi connectivity index (χ2v) is 6.34. The summed E-state index contributed by atoms with van der Waals surface area (Å²) in [7, 11) is 0. The zero-order valence-corrected chi connectivity index (χ0v) is 13.7. The highest BCUT2D eigenvalue weighted by Crippen LogP contribution is 2.18. The number of nitrogens with one attached hydrogen (secondary N) is 1. The molecule has 2 heterocycles. The van der Waals surface area contributed by atoms with Crippen LogP contribution < -0.4 is 5.32 Å². The van der Waals surface area contributed by atoms with E-state index >= 15 is 0 Å². The van der Waals surface area contributed by atoms with E-state index < -0.39 is 0 Å². The molecule has 21 heavy (non-hydrogen) atoms. The minimum Gasteiger partial charge on any atom is -0.346 e. The molecule has 0 bridgehead atoms. The van der Waals surface area contributed by atoms with E-state index in [0.29, 0.717) is 6.42 Å². The van der Waals surface area contributed by atoms with Crippen LogP contribution >= 0.6 is 11.3 Å². The molecule has 0 fully saturated rings. The Balaban J connectivity index is 1.98. The van der Waals surface area contributed by atoms with Gasteiger partial charge in [-0.2, -0.15) is 5.10 Å². The van der Waals surface area contributed by atoms with Gasteiger partial charge in [-0.05, 0) is 27.2 Å². The lowest BCUT2D eigenvalue weighted by Gasteiger charge is -2.14. The van der Waals surface area contributed by atoms with Gasteiger partial charge < -0.3 is 5.32 Å². The molecule has 0 aromatic carbocycles. The van der Waals surface area contributed by atoms with E-state index in [9.17, 15) is 4.79 Å². The van der Waals surface area contributed by atoms with Crippen LogP contribution in [0.3, 0.4) is 0 Å². The van der Waals surface area contributed by atoms with Crippen LogP contribution in [-0.2, 0) is 17.8 Å². The largest absolute Gasteiger partial charge is 0.346 e. The highest BCUT2D eigenvalue weighted by molar-refractivity contribution is 7.11. The number of aromatic nitrogens is 4. The van der Waals surface area contributed by atoms with Gasteiger partial charge in [0.25, 0.3) is 0 Å². The number of thiazole rings is 1. The fourth-order valence-electron chi connectivity index (χ4n) is 2.23. The minimum absolute atomic E-state index is 0.0136. The van der Waals surface area contributed by atoms with Crippen LogP contribution in [0.15, 0.2) is 6.33 Å². The number of amides is 1. The van der Waals surface area contributed by atoms with Gasteiger partial charge in [0.2, 0.25) is 5.91 Å². The molecule has 0 saturated heterocycles. The summed E-state index contributed by atoms with van der Waals surface area (Å²) in [6.45, 7) is 8.72. The molecule has 0 radical (unpaired) electrons. The third-order valence-electron chi connectivity index (χ3n) is 3.17. The Hall–Kier alpha value is -1.76. The van der Waals surface area contributed by atoms with Crippen molar-refractivity contribution in [2.45, 2.75) is 53.1 Å². The molecule has 7 heteroatoms. The zero-order valence-electron chi connectivity index (χ0n) is 12.9. The van der Waals surface area contributed by atoms with Crippen molar-refractivity contribution in [3.63, 3.8) is 0 Å². The molecule has 0 spiro atoms. The Morgan fingerprint density at radius 3 is 2.86 bits per heavy atom. The zero-order chi connectivity index (χ0) is 15.4. The first-order valence-corrected chi connectivity index (χ1v) is 7.92. The number of rotatable bonds is 6. The topological polar surface area (TPSA) is 72.7 Å². The average Bonchev–Trinajstić information content (AvgIpc) is 2.97. The van der Waals surface area contributed by atoms with Crippen molar-refractivity contribution >= 4 is 17.2 Å². The molecule has 1 N–H and O–H groups in total. The Morgan fingerprint density at radius 1 is 1.48 bits per heavy atom. The molecule has 2 aromatic rings. The number of nitrogens with zero attached hydrogens (tertiary/aromatic N) is 4. The van der Waals surface area contributed by atoms with Crippen molar-refractivity contribution < 1.29 is 4.79 Å². The van der Waals surface area contributed by atoms with E-state index in [2.05, 4.69) is 27.3 Å². The summed E-state index contributed by atoms with van der Waals surface area (Å²) < 4.78 is 1.84. The fraction of sp³-hybridized carbons (Fsp3) is 0.571. The molecule has 2 rings (SSSR count). The fourth-order valence-corrected chi connectivity index (χ4v) is 3.17. The lowest BCUT2D eigenvalue weighted by molar-refractivity contribution is -0.121. The van der Waals surface area contributed by atoms with Crippen LogP contribution in [0.5, 0.6) is 0 Å². The summed E-state index contributed by atoms with van der Waals surface area (Å²) >= 11 is 1.57. The lowest BCUT2D eigenvalue weighted by Crippen LogP contribution is -2.30. The first kappa shape index (κ1) is 15.6. The van der Waals surface area contributed by atoms with Gasteiger partial charge in [-0.15, -0.1) is 11.3 Å². The molecule has 0 aliphatic heterocycles. The third-order valence-corrected chi connectivity index (χ3v) is 4.24. The van der Waals surface area contributed by atoms with Crippen LogP contribution in [-0.4, -0.2) is 25.7 Å². The first-order chi connectivity index (χ1) is 10.0. The highest BCUT2D eigenvalue weighted by Gasteiger charge is 2.17. The SMILES string of the molecule is CCCn1ncnc1[C@H](C)NC(=O)Cc1sc(C)nc1C. The molecule has 2 aromatic heterocycles. The van der Waals surface area contributed by atoms with Crippen LogP contribution in [0.2, 0.25) is 0 Å². The van der Waals surface area contributed by atoms with Crippen molar-refractivity contribution in [2.75, 3.05) is 0 Å². The van der Waals surface area contributed by atoms with Gasteiger partial charge >= 0.3 is 0 Å². The lowest BCUT2D eigenvalue weighted by atomic mass is 10.2. The quantitative estimate of drug-likeness (QED) is 0.888. The van der Waals surface area contributed by atoms with Crippen molar-refractivity contribution in [2.24, 2.45) is 0 Å². The van der Waals surface area contributed by atoms with Gasteiger partial charge in [-0.25, -0.2) is 14.6 Å². The number of aryl methyl sites for hydroxylation is 3. The van der Waals surface area contributed by atoms with E-state index in [1.165, 1.54) is 6.33 Å². The maximum atomic E-state index is 12.2. The van der Waals surface area contributed by atoms with Crippen LogP contribution in [0, 0.1) is 13.8 Å². The Bertz CT molecular complexity index is 619. The summed E-state index contributed by atoms with van der Waals surface area (Å²) in [6.07, 6.45) is 2.88. The van der Waals surface area contributed by atoms with Crippen molar-refractivity contribution in [1.82, 2.24) is 25.1 Å². The highest BCUT2D eigenvalue weighted by atomic mass is 32.1. The Labute approximate surface area is 128 Å². The van der Waals surface area contributed by atoms with Crippen molar-refractivity contribution in [3.8, 4) is 0 Å². The Morgan fingerprint density at radius 2 is 2.24 bits per heavy atom. The van der Waals surface area contributed by atoms with E-state index in [0.717, 1.165) is 34.4 Å². The van der Waals surface area contributed by atoms with Crippen molar-refractivity contribution in [1.29, 1.82) is 0 Å². The molecule has 1 amide bonds. The van der Waals surface area contributed by atoms with E-state index in [1.807, 2.05) is 25.5 Å². The Kier molecular flexibility index (Phi) is 5.06. The maximum absolute atomic E-state index is 12.2. The maximum Gasteiger partial charge on any atom is 0.225 e. The smallest absolute Gasteiger partial charge is 0.225 e. The second kappa shape index (κ2) is 6.80. The molecule has 0 aliphatic rings. The van der Waals surface area contributed by atoms with E-state index in [4.69, 9.17) is 0 Å². The number of carbonyl (C=O) groups excluding carboxylic acids is 1. The number of hydrogen-bond acceptors (Lipinski definition) is 5. The van der Waals surface area contributed by atoms with Gasteiger partial charge in [-0.1, -0.05) is 6.92 Å². The third kappa shape index (κ3) is 3.87. The number of hydrogen-bond donors (Lipinski definition) is 1. The van der Waals surface area contributed by atoms with Gasteiger partial charge in [0.1, 0.15) is 12.2 Å². The van der Waals surface area contributed by atoms with Crippen LogP contribution in [0.25, 0.3) is 0 Å². The van der Waals surface area contributed by atoms with Gasteiger partial charge in [0.05, 0.1) is 23.2 Å². The van der Waals surface area contributed by atoms with Gasteiger partial charge in [-0.3, -0.25) is 4.79 Å².